The number of aromatic nitrogens is 4. The number of anilines is 4. The number of fused-ring (bicyclic) bond motifs is 2. The van der Waals surface area contributed by atoms with Crippen LogP contribution < -0.4 is 30.7 Å². The molecule has 0 radical (unpaired) electrons. The minimum atomic E-state index is -4.43. The standard InChI is InChI=1S/C27H24F3N5O3.C26H23F2N5O3/c28-27(29,30)18-1-3-19(4-2-18)33-26(36)34-20-5-7-22(8-6-20)38-23-9-10-24-25(15-23)32-21(16-31-24)17-35-11-13-37-14-12-35;27-22-7-3-18(13-23(22)28)32-26(34)31-17-1-4-20(5-2-17)36-21-6-8-24-25(14-21)30-19(15-29-24)16-33-9-11-35-12-10-33/h1-10,15-16H,11-14,17H2,(H2,33,34,36);1-8,13-15H,9-12,16H2,(H2,31,32,34). The molecule has 16 nitrogen and oxygen atoms in total. The first-order valence-electron chi connectivity index (χ1n) is 23.3. The molecule has 74 heavy (non-hydrogen) atoms. The highest BCUT2D eigenvalue weighted by atomic mass is 19.4. The zero-order valence-corrected chi connectivity index (χ0v) is 39.4. The van der Waals surface area contributed by atoms with Crippen LogP contribution in [0, 0.1) is 11.6 Å². The lowest BCUT2D eigenvalue weighted by Gasteiger charge is -2.26. The van der Waals surface area contributed by atoms with Crippen LogP contribution in [-0.4, -0.2) is 94.4 Å². The van der Waals surface area contributed by atoms with Crippen LogP contribution in [0.1, 0.15) is 17.0 Å². The number of benzene rings is 6. The second-order valence-corrected chi connectivity index (χ2v) is 16.9. The number of nitrogens with zero attached hydrogens (tertiary/aromatic N) is 6. The van der Waals surface area contributed by atoms with Gasteiger partial charge in [0.25, 0.3) is 0 Å². The van der Waals surface area contributed by atoms with E-state index >= 15 is 0 Å². The smallest absolute Gasteiger partial charge is 0.416 e. The van der Waals surface area contributed by atoms with Gasteiger partial charge in [0, 0.05) is 80.2 Å². The Balaban J connectivity index is 0.000000182. The summed E-state index contributed by atoms with van der Waals surface area (Å²) >= 11 is 0. The number of urea groups is 2. The molecule has 6 aromatic carbocycles. The van der Waals surface area contributed by atoms with Gasteiger partial charge in [0.05, 0.1) is 77.8 Å². The summed E-state index contributed by atoms with van der Waals surface area (Å²) in [6, 6.07) is 30.6. The Labute approximate surface area is 420 Å². The zero-order chi connectivity index (χ0) is 51.4. The molecule has 0 unspecified atom stereocenters. The van der Waals surface area contributed by atoms with Gasteiger partial charge in [-0.3, -0.25) is 19.8 Å². The Morgan fingerprint density at radius 2 is 0.878 bits per heavy atom. The Morgan fingerprint density at radius 1 is 0.486 bits per heavy atom. The van der Waals surface area contributed by atoms with Crippen molar-refractivity contribution in [3.8, 4) is 23.0 Å². The number of ether oxygens (including phenoxy) is 4. The molecule has 0 saturated carbocycles. The van der Waals surface area contributed by atoms with Crippen molar-refractivity contribution in [1.29, 1.82) is 0 Å². The fourth-order valence-corrected chi connectivity index (χ4v) is 7.70. The van der Waals surface area contributed by atoms with E-state index in [4.69, 9.17) is 28.9 Å². The minimum Gasteiger partial charge on any atom is -0.457 e. The summed E-state index contributed by atoms with van der Waals surface area (Å²) in [5.74, 6) is 0.299. The summed E-state index contributed by atoms with van der Waals surface area (Å²) in [5.41, 5.74) is 5.35. The van der Waals surface area contributed by atoms with Crippen molar-refractivity contribution in [3.63, 3.8) is 0 Å². The van der Waals surface area contributed by atoms with Gasteiger partial charge in [0.1, 0.15) is 23.0 Å². The quantitative estimate of drug-likeness (QED) is 0.0853. The van der Waals surface area contributed by atoms with Crippen molar-refractivity contribution in [2.24, 2.45) is 0 Å². The van der Waals surface area contributed by atoms with E-state index in [1.165, 1.54) is 18.2 Å². The summed E-state index contributed by atoms with van der Waals surface area (Å²) in [7, 11) is 0. The number of amides is 4. The van der Waals surface area contributed by atoms with Crippen LogP contribution in [0.2, 0.25) is 0 Å². The van der Waals surface area contributed by atoms with Gasteiger partial charge in [-0.25, -0.2) is 28.3 Å². The number of nitrogens with one attached hydrogen (secondary N) is 4. The van der Waals surface area contributed by atoms with Gasteiger partial charge in [0.2, 0.25) is 0 Å². The summed E-state index contributed by atoms with van der Waals surface area (Å²) in [6.07, 6.45) is -0.846. The molecule has 8 aromatic rings. The predicted octanol–water partition coefficient (Wildman–Crippen LogP) is 11.1. The van der Waals surface area contributed by atoms with Gasteiger partial charge >= 0.3 is 18.2 Å². The van der Waals surface area contributed by atoms with E-state index in [0.717, 1.165) is 117 Å². The maximum atomic E-state index is 13.3. The van der Waals surface area contributed by atoms with E-state index in [0.29, 0.717) is 40.9 Å². The van der Waals surface area contributed by atoms with Crippen molar-refractivity contribution in [2.75, 3.05) is 73.9 Å². The van der Waals surface area contributed by atoms with E-state index in [1.54, 1.807) is 60.9 Å². The van der Waals surface area contributed by atoms with E-state index in [2.05, 4.69) is 41.0 Å². The van der Waals surface area contributed by atoms with E-state index < -0.39 is 35.4 Å². The third-order valence-corrected chi connectivity index (χ3v) is 11.4. The molecule has 4 amide bonds. The largest absolute Gasteiger partial charge is 0.457 e. The van der Waals surface area contributed by atoms with Gasteiger partial charge in [-0.15, -0.1) is 0 Å². The van der Waals surface area contributed by atoms with Gasteiger partial charge in [-0.1, -0.05) is 0 Å². The Morgan fingerprint density at radius 3 is 1.30 bits per heavy atom. The number of rotatable bonds is 12. The SMILES string of the molecule is O=C(Nc1ccc(Oc2ccc3ncc(CN4CCOCC4)nc3c2)cc1)Nc1ccc(C(F)(F)F)cc1.O=C(Nc1ccc(Oc2ccc3ncc(CN4CCOCC4)nc3c2)cc1)Nc1ccc(F)c(F)c1. The number of halogens is 5. The molecule has 2 aliphatic heterocycles. The number of carbonyl (C=O) groups excluding carboxylic acids is 2. The molecule has 0 bridgehead atoms. The van der Waals surface area contributed by atoms with E-state index in [1.807, 2.05) is 36.4 Å². The molecule has 0 spiro atoms. The lowest BCUT2D eigenvalue weighted by Crippen LogP contribution is -2.35. The Hall–Kier alpha value is -8.37. The second-order valence-electron chi connectivity index (χ2n) is 16.9. The molecule has 380 valence electrons. The molecule has 2 saturated heterocycles. The van der Waals surface area contributed by atoms with Crippen LogP contribution in [0.3, 0.4) is 0 Å². The van der Waals surface area contributed by atoms with Crippen LogP contribution in [0.4, 0.5) is 54.3 Å². The van der Waals surface area contributed by atoms with Crippen molar-refractivity contribution in [2.45, 2.75) is 19.3 Å². The average molecular weight is 1020 g/mol. The maximum Gasteiger partial charge on any atom is 0.416 e. The predicted molar refractivity (Wildman–Crippen MR) is 267 cm³/mol. The molecule has 0 aliphatic carbocycles. The fraction of sp³-hybridized carbons (Fsp3) is 0.208. The molecular weight excluding hydrogens is 968 g/mol. The van der Waals surface area contributed by atoms with Gasteiger partial charge < -0.3 is 40.2 Å². The third-order valence-electron chi connectivity index (χ3n) is 11.4. The Bertz CT molecular complexity index is 3220. The lowest BCUT2D eigenvalue weighted by atomic mass is 10.2. The molecular formula is C53H47F5N10O6. The summed E-state index contributed by atoms with van der Waals surface area (Å²) in [6.45, 7) is 7.80. The highest BCUT2D eigenvalue weighted by Crippen LogP contribution is 2.31. The molecule has 4 heterocycles. The monoisotopic (exact) mass is 1010 g/mol. The molecule has 21 heteroatoms. The summed E-state index contributed by atoms with van der Waals surface area (Å²) < 4.78 is 87.1. The fourth-order valence-electron chi connectivity index (χ4n) is 7.70. The molecule has 2 aromatic heterocycles. The highest BCUT2D eigenvalue weighted by Gasteiger charge is 2.30. The Kier molecular flexibility index (Phi) is 16.0. The normalized spacial score (nSPS) is 14.1. The summed E-state index contributed by atoms with van der Waals surface area (Å²) in [4.78, 5) is 47.4. The number of hydrogen-bond donors (Lipinski definition) is 4. The number of alkyl halides is 3. The molecule has 4 N–H and O–H groups in total. The number of morpholine rings is 2. The van der Waals surface area contributed by atoms with Crippen molar-refractivity contribution >= 4 is 56.9 Å². The maximum absolute atomic E-state index is 13.3. The third kappa shape index (κ3) is 14.2. The topological polar surface area (TPSA) is 177 Å². The molecule has 0 atom stereocenters. The molecule has 10 rings (SSSR count). The second kappa shape index (κ2) is 23.5. The van der Waals surface area contributed by atoms with Crippen LogP contribution in [0.5, 0.6) is 23.0 Å². The van der Waals surface area contributed by atoms with E-state index in [9.17, 15) is 31.5 Å². The van der Waals surface area contributed by atoms with Crippen LogP contribution in [0.15, 0.2) is 140 Å². The highest BCUT2D eigenvalue weighted by molar-refractivity contribution is 6.00. The van der Waals surface area contributed by atoms with Gasteiger partial charge in [-0.05, 0) is 109 Å². The molecule has 2 aliphatic rings. The minimum absolute atomic E-state index is 0.138. The van der Waals surface area contributed by atoms with Gasteiger partial charge in [0.15, 0.2) is 11.6 Å². The van der Waals surface area contributed by atoms with E-state index in [-0.39, 0.29) is 11.4 Å². The van der Waals surface area contributed by atoms with Crippen molar-refractivity contribution in [1.82, 2.24) is 29.7 Å². The van der Waals surface area contributed by atoms with Crippen LogP contribution >= 0.6 is 0 Å². The lowest BCUT2D eigenvalue weighted by molar-refractivity contribution is -0.137. The first-order chi connectivity index (χ1) is 35.8. The first-order valence-corrected chi connectivity index (χ1v) is 23.3. The molecule has 2 fully saturated rings. The zero-order valence-electron chi connectivity index (χ0n) is 39.4. The first kappa shape index (κ1) is 50.6. The summed E-state index contributed by atoms with van der Waals surface area (Å²) in [5, 5.41) is 10.2. The van der Waals surface area contributed by atoms with Gasteiger partial charge in [-0.2, -0.15) is 13.2 Å². The van der Waals surface area contributed by atoms with Crippen molar-refractivity contribution < 1.29 is 50.5 Å². The number of carbonyl (C=O) groups is 2. The van der Waals surface area contributed by atoms with Crippen molar-refractivity contribution in [3.05, 3.63) is 168 Å². The van der Waals surface area contributed by atoms with Crippen LogP contribution in [0.25, 0.3) is 22.1 Å². The average Bonchev–Trinajstić information content (AvgIpc) is 3.39. The van der Waals surface area contributed by atoms with Crippen LogP contribution in [-0.2, 0) is 28.7 Å². The number of hydrogen-bond acceptors (Lipinski definition) is 12.